The summed E-state index contributed by atoms with van der Waals surface area (Å²) in [6, 6.07) is 21.5. The molecular weight excluding hydrogens is 581 g/mol. The molecular formula is C30H22ClF3N8O. The predicted octanol–water partition coefficient (Wildman–Crippen LogP) is 6.83. The summed E-state index contributed by atoms with van der Waals surface area (Å²) < 4.78 is 46.9. The zero-order chi connectivity index (χ0) is 30.0. The molecule has 1 aliphatic heterocycles. The molecule has 0 atom stereocenters. The Morgan fingerprint density at radius 1 is 0.884 bits per heavy atom. The molecule has 1 fully saturated rings. The Balaban J connectivity index is 1.33. The lowest BCUT2D eigenvalue weighted by atomic mass is 10.1. The molecule has 0 unspecified atom stereocenters. The van der Waals surface area contributed by atoms with Crippen LogP contribution in [-0.4, -0.2) is 46.1 Å². The normalized spacial score (nSPS) is 13.6. The van der Waals surface area contributed by atoms with Gasteiger partial charge in [-0.25, -0.2) is 0 Å². The van der Waals surface area contributed by atoms with Crippen LogP contribution in [0.15, 0.2) is 79.0 Å². The highest BCUT2D eigenvalue weighted by molar-refractivity contribution is 6.33. The zero-order valence-corrected chi connectivity index (χ0v) is 23.1. The zero-order valence-electron chi connectivity index (χ0n) is 22.4. The minimum Gasteiger partial charge on any atom is -0.423 e. The molecule has 13 heteroatoms. The standard InChI is InChI=1S/C30H22ClF3N8O/c31-23-6-2-4-8-25(23)41-13-15-42(16-14-41)28-38-27(37-20-10-9-19(18-35)22(17-20)30(32,33)34)39-29(40-28)43-26-11-12-36-24-7-3-1-5-21(24)26/h1-12,17H,13-16H2,(H,37,38,39,40). The Hall–Kier alpha value is -5.15. The number of piperazine rings is 1. The molecule has 216 valence electrons. The third-order valence-corrected chi connectivity index (χ3v) is 7.19. The number of nitrogens with one attached hydrogen (secondary N) is 1. The van der Waals surface area contributed by atoms with Crippen molar-refractivity contribution in [3.05, 3.63) is 95.1 Å². The quantitative estimate of drug-likeness (QED) is 0.224. The molecule has 1 saturated heterocycles. The van der Waals surface area contributed by atoms with Gasteiger partial charge in [0.1, 0.15) is 5.75 Å². The molecule has 0 amide bonds. The van der Waals surface area contributed by atoms with Gasteiger partial charge in [-0.05, 0) is 48.5 Å². The van der Waals surface area contributed by atoms with Crippen molar-refractivity contribution in [3.8, 4) is 17.8 Å². The number of fused-ring (bicyclic) bond motifs is 1. The minimum atomic E-state index is -4.72. The second-order valence-corrected chi connectivity index (χ2v) is 10.00. The average Bonchev–Trinajstić information content (AvgIpc) is 3.01. The van der Waals surface area contributed by atoms with E-state index in [-0.39, 0.29) is 23.6 Å². The molecule has 0 radical (unpaired) electrons. The molecule has 6 rings (SSSR count). The number of nitrogens with zero attached hydrogens (tertiary/aromatic N) is 7. The van der Waals surface area contributed by atoms with Crippen LogP contribution in [-0.2, 0) is 6.18 Å². The van der Waals surface area contributed by atoms with Gasteiger partial charge in [-0.15, -0.1) is 0 Å². The average molecular weight is 603 g/mol. The number of alkyl halides is 3. The summed E-state index contributed by atoms with van der Waals surface area (Å²) in [5, 5.41) is 13.4. The fourth-order valence-corrected chi connectivity index (χ4v) is 5.04. The molecule has 0 bridgehead atoms. The van der Waals surface area contributed by atoms with Crippen LogP contribution in [0.1, 0.15) is 11.1 Å². The van der Waals surface area contributed by atoms with E-state index in [1.807, 2.05) is 53.4 Å². The van der Waals surface area contributed by atoms with E-state index in [0.717, 1.165) is 23.2 Å². The number of rotatable bonds is 6. The van der Waals surface area contributed by atoms with E-state index in [1.165, 1.54) is 6.07 Å². The summed E-state index contributed by atoms with van der Waals surface area (Å²) in [5.74, 6) is 0.717. The fourth-order valence-electron chi connectivity index (χ4n) is 4.78. The summed E-state index contributed by atoms with van der Waals surface area (Å²) in [5.41, 5.74) is 0.133. The first-order valence-corrected chi connectivity index (χ1v) is 13.6. The van der Waals surface area contributed by atoms with Gasteiger partial charge in [0, 0.05) is 43.4 Å². The second-order valence-electron chi connectivity index (χ2n) is 9.59. The van der Waals surface area contributed by atoms with Crippen molar-refractivity contribution in [1.29, 1.82) is 5.26 Å². The van der Waals surface area contributed by atoms with Crippen molar-refractivity contribution >= 4 is 45.8 Å². The number of anilines is 4. The first-order valence-electron chi connectivity index (χ1n) is 13.2. The highest BCUT2D eigenvalue weighted by atomic mass is 35.5. The number of para-hydroxylation sites is 2. The number of benzene rings is 3. The fraction of sp³-hybridized carbons (Fsp3) is 0.167. The first kappa shape index (κ1) is 28.0. The van der Waals surface area contributed by atoms with Crippen LogP contribution >= 0.6 is 11.6 Å². The molecule has 0 aliphatic carbocycles. The molecule has 0 spiro atoms. The summed E-state index contributed by atoms with van der Waals surface area (Å²) in [6.07, 6.45) is -3.12. The molecule has 1 aliphatic rings. The molecule has 9 nitrogen and oxygen atoms in total. The van der Waals surface area contributed by atoms with Crippen molar-refractivity contribution < 1.29 is 17.9 Å². The lowest BCUT2D eigenvalue weighted by molar-refractivity contribution is -0.137. The Morgan fingerprint density at radius 2 is 1.63 bits per heavy atom. The smallest absolute Gasteiger partial charge is 0.417 e. The van der Waals surface area contributed by atoms with Crippen LogP contribution in [0.5, 0.6) is 11.8 Å². The van der Waals surface area contributed by atoms with Crippen LogP contribution < -0.4 is 19.9 Å². The highest BCUT2D eigenvalue weighted by Gasteiger charge is 2.34. The molecule has 3 aromatic carbocycles. The first-order chi connectivity index (χ1) is 20.8. The van der Waals surface area contributed by atoms with E-state index in [0.29, 0.717) is 42.5 Å². The Morgan fingerprint density at radius 3 is 2.40 bits per heavy atom. The van der Waals surface area contributed by atoms with Gasteiger partial charge in [0.2, 0.25) is 11.9 Å². The molecule has 2 aromatic heterocycles. The van der Waals surface area contributed by atoms with Gasteiger partial charge in [0.25, 0.3) is 0 Å². The van der Waals surface area contributed by atoms with Crippen molar-refractivity contribution in [3.63, 3.8) is 0 Å². The molecule has 1 N–H and O–H groups in total. The monoisotopic (exact) mass is 602 g/mol. The summed E-state index contributed by atoms with van der Waals surface area (Å²) in [6.45, 7) is 2.35. The van der Waals surface area contributed by atoms with Crippen molar-refractivity contribution in [2.75, 3.05) is 41.3 Å². The van der Waals surface area contributed by atoms with Gasteiger partial charge < -0.3 is 19.9 Å². The van der Waals surface area contributed by atoms with Gasteiger partial charge >= 0.3 is 12.2 Å². The number of nitriles is 1. The number of aromatic nitrogens is 4. The van der Waals surface area contributed by atoms with Crippen LogP contribution in [0, 0.1) is 11.3 Å². The van der Waals surface area contributed by atoms with E-state index in [2.05, 4.69) is 30.2 Å². The van der Waals surface area contributed by atoms with E-state index in [9.17, 15) is 13.2 Å². The molecule has 43 heavy (non-hydrogen) atoms. The minimum absolute atomic E-state index is 0.0234. The predicted molar refractivity (Wildman–Crippen MR) is 157 cm³/mol. The SMILES string of the molecule is N#Cc1ccc(Nc2nc(Oc3ccnc4ccccc34)nc(N3CCN(c4ccccc4Cl)CC3)n2)cc1C(F)(F)F. The van der Waals surface area contributed by atoms with Crippen molar-refractivity contribution in [1.82, 2.24) is 19.9 Å². The Bertz CT molecular complexity index is 1830. The molecule has 3 heterocycles. The van der Waals surface area contributed by atoms with Gasteiger partial charge in [0.05, 0.1) is 33.4 Å². The van der Waals surface area contributed by atoms with E-state index in [4.69, 9.17) is 21.6 Å². The number of ether oxygens (including phenoxy) is 1. The van der Waals surface area contributed by atoms with Crippen LogP contribution in [0.4, 0.5) is 36.4 Å². The van der Waals surface area contributed by atoms with Gasteiger partial charge in [-0.1, -0.05) is 35.9 Å². The van der Waals surface area contributed by atoms with E-state index < -0.39 is 17.3 Å². The van der Waals surface area contributed by atoms with Gasteiger partial charge in [0.15, 0.2) is 0 Å². The number of hydrogen-bond acceptors (Lipinski definition) is 9. The van der Waals surface area contributed by atoms with Crippen molar-refractivity contribution in [2.24, 2.45) is 0 Å². The lowest BCUT2D eigenvalue weighted by Gasteiger charge is -2.36. The maximum absolute atomic E-state index is 13.6. The van der Waals surface area contributed by atoms with Crippen molar-refractivity contribution in [2.45, 2.75) is 6.18 Å². The Labute approximate surface area is 249 Å². The second kappa shape index (κ2) is 11.6. The third kappa shape index (κ3) is 6.07. The number of hydrogen-bond donors (Lipinski definition) is 1. The van der Waals surface area contributed by atoms with Gasteiger partial charge in [-0.3, -0.25) is 4.98 Å². The molecule has 0 saturated carbocycles. The van der Waals surface area contributed by atoms with Gasteiger partial charge in [-0.2, -0.15) is 33.4 Å². The van der Waals surface area contributed by atoms with E-state index in [1.54, 1.807) is 18.3 Å². The summed E-state index contributed by atoms with van der Waals surface area (Å²) in [4.78, 5) is 21.9. The topological polar surface area (TPSA) is 103 Å². The lowest BCUT2D eigenvalue weighted by Crippen LogP contribution is -2.47. The van der Waals surface area contributed by atoms with Crippen LogP contribution in [0.3, 0.4) is 0 Å². The van der Waals surface area contributed by atoms with Crippen LogP contribution in [0.2, 0.25) is 5.02 Å². The summed E-state index contributed by atoms with van der Waals surface area (Å²) >= 11 is 6.40. The maximum Gasteiger partial charge on any atom is 0.417 e. The third-order valence-electron chi connectivity index (χ3n) is 6.87. The van der Waals surface area contributed by atoms with E-state index >= 15 is 0 Å². The number of halogens is 4. The summed E-state index contributed by atoms with van der Waals surface area (Å²) in [7, 11) is 0. The highest BCUT2D eigenvalue weighted by Crippen LogP contribution is 2.35. The van der Waals surface area contributed by atoms with Crippen LogP contribution in [0.25, 0.3) is 10.9 Å². The largest absolute Gasteiger partial charge is 0.423 e. The molecule has 5 aromatic rings. The Kier molecular flexibility index (Phi) is 7.56. The maximum atomic E-state index is 13.6. The number of pyridine rings is 1.